The molecule has 16 aliphatic rings. The van der Waals surface area contributed by atoms with E-state index in [1.165, 1.54) is 139 Å². The second-order valence-electron chi connectivity index (χ2n) is 38.3. The molecule has 18 N–H and O–H groups in total. The number of ether oxygens (including phenoxy) is 5. The zero-order valence-electron chi connectivity index (χ0n) is 96.3. The van der Waals surface area contributed by atoms with E-state index >= 15 is 0 Å². The lowest BCUT2D eigenvalue weighted by Gasteiger charge is -2.32. The summed E-state index contributed by atoms with van der Waals surface area (Å²) in [5, 5.41) is 62.5. The van der Waals surface area contributed by atoms with Crippen molar-refractivity contribution >= 4 is 82.4 Å². The molecule has 8 fully saturated rings. The van der Waals surface area contributed by atoms with Crippen LogP contribution < -0.4 is 49.1 Å². The first kappa shape index (κ1) is 136. The molecule has 16 rings (SSSR count). The first-order chi connectivity index (χ1) is 69.7. The van der Waals surface area contributed by atoms with Crippen molar-refractivity contribution in [1.29, 1.82) is 32.5 Å². The molecular weight excluding hydrogens is 1830 g/mol. The van der Waals surface area contributed by atoms with Crippen LogP contribution in [-0.4, -0.2) is 497 Å². The maximum atomic E-state index is 7.40. The third-order valence-electron chi connectivity index (χ3n) is 25.9. The van der Waals surface area contributed by atoms with Gasteiger partial charge in [0.05, 0.1) is 80.8 Å². The van der Waals surface area contributed by atoms with Gasteiger partial charge in [0.25, 0.3) is 12.0 Å². The van der Waals surface area contributed by atoms with Gasteiger partial charge in [-0.25, -0.2) is 9.98 Å². The van der Waals surface area contributed by atoms with Crippen LogP contribution in [0.1, 0.15) is 232 Å². The summed E-state index contributed by atoms with van der Waals surface area (Å²) >= 11 is 0. The van der Waals surface area contributed by atoms with Crippen molar-refractivity contribution in [3.8, 4) is 0 Å². The number of nitrogens with one attached hydrogen (secondary N) is 12. The average molecular weight is 2050 g/mol. The van der Waals surface area contributed by atoms with Crippen molar-refractivity contribution in [3.05, 3.63) is 0 Å². The number of hydrogen-bond donors (Lipinski definition) is 15. The Kier molecular flexibility index (Phi) is 83.9. The number of nitrogens with two attached hydrogens (primary N) is 3. The molecule has 0 aromatic heterocycles. The minimum absolute atomic E-state index is 0.180. The van der Waals surface area contributed by atoms with E-state index < -0.39 is 0 Å². The molecule has 0 atom stereocenters. The molecule has 0 amide bonds. The van der Waals surface area contributed by atoms with Crippen LogP contribution in [0.25, 0.3) is 0 Å². The summed E-state index contributed by atoms with van der Waals surface area (Å²) < 4.78 is 25.7. The molecule has 0 aliphatic carbocycles. The van der Waals surface area contributed by atoms with Crippen molar-refractivity contribution in [2.75, 3.05) is 339 Å². The van der Waals surface area contributed by atoms with Gasteiger partial charge in [0, 0.05) is 269 Å². The molecule has 145 heavy (non-hydrogen) atoms. The monoisotopic (exact) mass is 2050 g/mol. The van der Waals surface area contributed by atoms with E-state index in [0.717, 1.165) is 323 Å². The molecule has 0 aromatic rings. The summed E-state index contributed by atoms with van der Waals surface area (Å²) in [6.45, 7) is 73.0. The van der Waals surface area contributed by atoms with E-state index in [-0.39, 0.29) is 17.9 Å². The average Bonchev–Trinajstić information content (AvgIpc) is 1.84. The highest BCUT2D eigenvalue weighted by atomic mass is 16.5. The topological polar surface area (TPSA) is 480 Å². The molecule has 16 heterocycles. The predicted molar refractivity (Wildman–Crippen MR) is 616 cm³/mol. The molecule has 16 aliphatic heterocycles. The number of nitrogens with zero attached hydrogens (tertiary/aromatic N) is 21. The molecule has 0 spiro atoms. The number of piperazine rings is 2. The van der Waals surface area contributed by atoms with E-state index in [4.69, 9.17) is 73.3 Å². The maximum Gasteiger partial charge on any atom is 0.287 e. The first-order valence-electron chi connectivity index (χ1n) is 55.3. The molecule has 0 aromatic carbocycles. The molecule has 844 valence electrons. The number of methoxy groups -OCH3 is 2. The Morgan fingerprint density at radius 3 is 1.13 bits per heavy atom. The van der Waals surface area contributed by atoms with E-state index in [2.05, 4.69) is 227 Å². The number of likely N-dealkylation sites (N-methyl/N-ethyl adjacent to an activating group) is 4. The van der Waals surface area contributed by atoms with Gasteiger partial charge in [-0.3, -0.25) is 62.4 Å². The maximum absolute atomic E-state index is 7.40. The van der Waals surface area contributed by atoms with Crippen LogP contribution in [0.5, 0.6) is 0 Å². The summed E-state index contributed by atoms with van der Waals surface area (Å²) in [4.78, 5) is 61.1. The van der Waals surface area contributed by atoms with E-state index in [1.54, 1.807) is 14.2 Å². The molecule has 41 nitrogen and oxygen atoms in total. The minimum atomic E-state index is 0.180. The SMILES string of the molecule is CC(=N)N1CCC(C)CC1.CC(=N)N1CCN(C)CC1.CC1CCN(C(=N)N)CC1.CCC.CCC1=NCCC1.CCC1=NCCC1.CCN(C)C1=NCCC1.CCN(C)C1=NCCN1.CCN(C)C1=NCCO1.CCNC1=NCCC1.CCNC1=NCCN1.CCNC1=NCCO1.CN1CCCNCC1.CN1CCN(C(=N)N)CC1.CN1CCOCC1.COC1CCN(C(=N)N)CC1.COC1CCN(C(C)=N)CC1. The Labute approximate surface area is 881 Å². The van der Waals surface area contributed by atoms with Crippen molar-refractivity contribution in [1.82, 2.24) is 95.6 Å². The fourth-order valence-electron chi connectivity index (χ4n) is 15.6. The number of guanidine groups is 5. The Bertz CT molecular complexity index is 3190. The van der Waals surface area contributed by atoms with Crippen molar-refractivity contribution in [2.45, 2.75) is 244 Å². The Morgan fingerprint density at radius 2 is 0.779 bits per heavy atom. The quantitative estimate of drug-likeness (QED) is 0.0716. The van der Waals surface area contributed by atoms with Crippen LogP contribution in [0.2, 0.25) is 0 Å². The van der Waals surface area contributed by atoms with E-state index in [0.29, 0.717) is 29.9 Å². The van der Waals surface area contributed by atoms with Crippen molar-refractivity contribution in [2.24, 2.45) is 69.0 Å². The third-order valence-corrected chi connectivity index (χ3v) is 25.9. The Balaban J connectivity index is 0.00000152. The minimum Gasteiger partial charge on any atom is -0.463 e. The second-order valence-corrected chi connectivity index (χ2v) is 38.3. The number of rotatable bonds is 10. The van der Waals surface area contributed by atoms with Gasteiger partial charge < -0.3 is 136 Å². The normalized spacial score (nSPS) is 19.7. The Morgan fingerprint density at radius 1 is 0.379 bits per heavy atom. The smallest absolute Gasteiger partial charge is 0.287 e. The van der Waals surface area contributed by atoms with Crippen LogP contribution in [0.4, 0.5) is 0 Å². The van der Waals surface area contributed by atoms with Gasteiger partial charge in [-0.1, -0.05) is 48.0 Å². The molecule has 0 radical (unpaired) electrons. The van der Waals surface area contributed by atoms with Gasteiger partial charge in [-0.05, 0) is 225 Å². The van der Waals surface area contributed by atoms with Gasteiger partial charge >= 0.3 is 0 Å². The number of likely N-dealkylation sites (tertiary alicyclic amines) is 4. The lowest BCUT2D eigenvalue weighted by atomic mass is 9.99. The number of piperidine rings is 4. The molecule has 8 saturated heterocycles. The lowest BCUT2D eigenvalue weighted by molar-refractivity contribution is 0.0503. The van der Waals surface area contributed by atoms with Gasteiger partial charge in [-0.2, -0.15) is 0 Å². The molecular formula is C104H218N36O5. The third kappa shape index (κ3) is 71.5. The van der Waals surface area contributed by atoms with Crippen LogP contribution in [0.3, 0.4) is 0 Å². The summed E-state index contributed by atoms with van der Waals surface area (Å²) in [6.07, 6.45) is 24.6. The standard InChI is InChI=1S/C8H16N2O.C8H16N2.C7H15N3O.2C7H15N3.C7H14N2.C6H14N4.C6H13N3.C6H12N2O.C6H14N2.C6H12N2.2C6H11N.C5H11N3.C5H10N2O.C5H11NO.C3H8/c1-7(9)10-5-3-8(11-2)4-6-10;1-7-3-5-10(6-4-7)8(2)9;1-11-6-2-4-10(5-3-6)7(8)9;1-7(8)10-5-3-9(2)4-6-10;1-6-2-4-10(5-3-6)7(8)9;1-3-9(2)7-5-4-6-8-7;1-9-2-4-10(5-3-9)6(7)8;1-3-9(2)6-7-4-5-8-6;1-3-8(2)6-7-4-5-9-6;1-8-5-2-3-7-4-6-8;1-2-7-6-4-3-5-8-6;2*1-2-6-4-3-5-7-6;2*1-2-6-5-7-3-4-8-5;1-6-2-4-7-5-3-6;1-3-2/h8-9H,3-6H2,1-2H3;7,9H,3-6H2,1-2H3;6H,2-5H2,1H3,(H3,8,9);8H,3-6H2,1-2H3;6H,2-5H2,1H3,(H3,8,9);3-6H2,1-2H3;2-5H2,1H3,(H3,7,8);3-5H2,1-2H3,(H,7,8);3-5H2,1-2H3;7H,2-6H2,1H3;2-5H2,1H3,(H,7,8);2*2-5H2,1H3;2-4H2,1H3,(H2,6,7,8);2-4H2,1H3,(H,6,7);2-5H2,1H3;3H2,1-2H3. The molecule has 0 bridgehead atoms. The Hall–Kier alpha value is -8.74. The van der Waals surface area contributed by atoms with Gasteiger partial charge in [0.2, 0.25) is 0 Å². The zero-order valence-corrected chi connectivity index (χ0v) is 96.3. The fraction of sp³-hybridized carbons (Fsp3) is 0.865. The van der Waals surface area contributed by atoms with Crippen molar-refractivity contribution < 1.29 is 23.7 Å². The van der Waals surface area contributed by atoms with Gasteiger partial charge in [0.1, 0.15) is 13.2 Å². The van der Waals surface area contributed by atoms with Crippen molar-refractivity contribution in [3.63, 3.8) is 0 Å². The van der Waals surface area contributed by atoms with Gasteiger partial charge in [-0.15, -0.1) is 0 Å². The number of morpholine rings is 1. The molecule has 41 heteroatoms. The highest BCUT2D eigenvalue weighted by Crippen LogP contribution is 2.18. The predicted octanol–water partition coefficient (Wildman–Crippen LogP) is 8.99. The number of aliphatic imine (C=N–C) groups is 8. The first-order valence-corrected chi connectivity index (χ1v) is 55.3. The lowest BCUT2D eigenvalue weighted by Crippen LogP contribution is -2.49. The largest absolute Gasteiger partial charge is 0.463 e. The van der Waals surface area contributed by atoms with Crippen LogP contribution in [-0.2, 0) is 23.7 Å². The highest BCUT2D eigenvalue weighted by molar-refractivity contribution is 5.87. The summed E-state index contributed by atoms with van der Waals surface area (Å²) in [5.41, 5.74) is 18.8. The molecule has 0 saturated carbocycles. The van der Waals surface area contributed by atoms with Gasteiger partial charge in [0.15, 0.2) is 29.8 Å². The summed E-state index contributed by atoms with van der Waals surface area (Å²) in [6, 6.07) is 1.49. The van der Waals surface area contributed by atoms with E-state index in [1.807, 2.05) is 61.4 Å². The van der Waals surface area contributed by atoms with E-state index in [9.17, 15) is 0 Å². The summed E-state index contributed by atoms with van der Waals surface area (Å²) in [7, 11) is 18.1. The van der Waals surface area contributed by atoms with Crippen LogP contribution >= 0.6 is 0 Å². The highest BCUT2D eigenvalue weighted by Gasteiger charge is 2.23. The summed E-state index contributed by atoms with van der Waals surface area (Å²) in [5.74, 6) is 8.89. The fourth-order valence-corrected chi connectivity index (χ4v) is 15.6. The second kappa shape index (κ2) is 89.3. The zero-order chi connectivity index (χ0) is 108. The molecule has 0 unspecified atom stereocenters. The number of amidine groups is 7. The van der Waals surface area contributed by atoms with Crippen LogP contribution in [0.15, 0.2) is 39.9 Å². The number of hydrogen-bond acceptors (Lipinski definition) is 32. The van der Waals surface area contributed by atoms with Crippen LogP contribution in [0, 0.1) is 44.3 Å².